The van der Waals surface area contributed by atoms with Gasteiger partial charge in [-0.2, -0.15) is 0 Å². The van der Waals surface area contributed by atoms with Gasteiger partial charge in [-0.1, -0.05) is 12.5 Å². The Hall–Kier alpha value is -1.59. The third-order valence-corrected chi connectivity index (χ3v) is 6.22. The van der Waals surface area contributed by atoms with Crippen molar-refractivity contribution in [3.8, 4) is 5.75 Å². The van der Waals surface area contributed by atoms with Gasteiger partial charge < -0.3 is 14.5 Å². The van der Waals surface area contributed by atoms with E-state index in [-0.39, 0.29) is 12.0 Å². The maximum absolute atomic E-state index is 12.8. The fourth-order valence-corrected chi connectivity index (χ4v) is 4.08. The van der Waals surface area contributed by atoms with E-state index in [1.807, 2.05) is 0 Å². The number of rotatable bonds is 3. The summed E-state index contributed by atoms with van der Waals surface area (Å²) in [5.41, 5.74) is 2.48. The minimum absolute atomic E-state index is 0.136. The number of amides is 1. The Morgan fingerprint density at radius 3 is 2.65 bits per heavy atom. The van der Waals surface area contributed by atoms with Crippen molar-refractivity contribution in [2.24, 2.45) is 5.92 Å². The average Bonchev–Trinajstić information content (AvgIpc) is 2.74. The van der Waals surface area contributed by atoms with Gasteiger partial charge in [0.25, 0.3) is 0 Å². The molecule has 2 heterocycles. The van der Waals surface area contributed by atoms with Gasteiger partial charge in [-0.15, -0.1) is 0 Å². The van der Waals surface area contributed by atoms with E-state index in [4.69, 9.17) is 4.74 Å². The van der Waals surface area contributed by atoms with Crippen LogP contribution in [0.1, 0.15) is 37.3 Å². The van der Waals surface area contributed by atoms with Crippen LogP contribution in [0.4, 0.5) is 0 Å². The van der Waals surface area contributed by atoms with Gasteiger partial charge in [0.15, 0.2) is 0 Å². The number of hydrogen-bond acceptors (Lipinski definition) is 4. The van der Waals surface area contributed by atoms with Crippen LogP contribution in [0.25, 0.3) is 0 Å². The molecule has 2 fully saturated rings. The predicted octanol–water partition coefficient (Wildman–Crippen LogP) is 2.34. The third kappa shape index (κ3) is 3.74. The molecule has 0 unspecified atom stereocenters. The molecular weight excluding hydrogens is 326 g/mol. The van der Waals surface area contributed by atoms with E-state index in [2.05, 4.69) is 46.9 Å². The van der Waals surface area contributed by atoms with E-state index >= 15 is 0 Å². The number of nitrogens with zero attached hydrogens (tertiary/aromatic N) is 3. The molecule has 0 radical (unpaired) electrons. The first-order chi connectivity index (χ1) is 12.6. The van der Waals surface area contributed by atoms with Gasteiger partial charge in [0, 0.05) is 50.7 Å². The topological polar surface area (TPSA) is 36.0 Å². The molecule has 0 N–H and O–H groups in total. The molecule has 5 heteroatoms. The highest BCUT2D eigenvalue weighted by Crippen LogP contribution is 2.32. The van der Waals surface area contributed by atoms with Crippen LogP contribution in [-0.4, -0.2) is 66.5 Å². The van der Waals surface area contributed by atoms with E-state index in [0.29, 0.717) is 19.1 Å². The molecule has 4 rings (SSSR count). The third-order valence-electron chi connectivity index (χ3n) is 6.22. The summed E-state index contributed by atoms with van der Waals surface area (Å²) in [6.07, 6.45) is 3.30. The number of benzene rings is 1. The maximum atomic E-state index is 12.8. The molecule has 26 heavy (non-hydrogen) atoms. The Kier molecular flexibility index (Phi) is 5.18. The van der Waals surface area contributed by atoms with Crippen molar-refractivity contribution in [1.82, 2.24) is 14.7 Å². The van der Waals surface area contributed by atoms with Crippen molar-refractivity contribution in [2.45, 2.75) is 45.3 Å². The zero-order chi connectivity index (χ0) is 18.1. The maximum Gasteiger partial charge on any atom is 0.226 e. The first-order valence-corrected chi connectivity index (χ1v) is 10.1. The van der Waals surface area contributed by atoms with Gasteiger partial charge in [0.2, 0.25) is 5.91 Å². The molecule has 2 aliphatic heterocycles. The molecule has 142 valence electrons. The van der Waals surface area contributed by atoms with Crippen molar-refractivity contribution in [2.75, 3.05) is 39.8 Å². The summed E-state index contributed by atoms with van der Waals surface area (Å²) >= 11 is 0. The minimum atomic E-state index is 0.136. The van der Waals surface area contributed by atoms with Crippen LogP contribution >= 0.6 is 0 Å². The Morgan fingerprint density at radius 1 is 1.19 bits per heavy atom. The van der Waals surface area contributed by atoms with Crippen molar-refractivity contribution in [1.29, 1.82) is 0 Å². The van der Waals surface area contributed by atoms with Crippen LogP contribution in [0, 0.1) is 5.92 Å². The highest BCUT2D eigenvalue weighted by molar-refractivity contribution is 5.80. The Bertz CT molecular complexity index is 651. The summed E-state index contributed by atoms with van der Waals surface area (Å²) in [4.78, 5) is 19.8. The standard InChI is InChI=1S/C21H31N3O2/c1-16-15-26-20-7-6-17(13-23-10-8-22(2)9-11-23)12-19(20)14-24(16)21(25)18-4-3-5-18/h6-7,12,16,18H,3-5,8-11,13-15H2,1-2H3/t16-/m0/s1. The average molecular weight is 357 g/mol. The normalized spacial score (nSPS) is 25.2. The SMILES string of the molecule is C[C@H]1COc2ccc(CN3CCN(C)CC3)cc2CN1C(=O)C1CCC1. The molecule has 1 saturated carbocycles. The molecule has 0 bridgehead atoms. The summed E-state index contributed by atoms with van der Waals surface area (Å²) in [5.74, 6) is 1.51. The molecule has 1 aromatic carbocycles. The summed E-state index contributed by atoms with van der Waals surface area (Å²) < 4.78 is 6.02. The lowest BCUT2D eigenvalue weighted by atomic mass is 9.84. The highest BCUT2D eigenvalue weighted by atomic mass is 16.5. The summed E-state index contributed by atoms with van der Waals surface area (Å²) in [5, 5.41) is 0. The smallest absolute Gasteiger partial charge is 0.226 e. The summed E-state index contributed by atoms with van der Waals surface area (Å²) in [6, 6.07) is 6.68. The number of likely N-dealkylation sites (N-methyl/N-ethyl adjacent to an activating group) is 1. The molecular formula is C21H31N3O2. The molecule has 1 saturated heterocycles. The zero-order valence-corrected chi connectivity index (χ0v) is 16.1. The van der Waals surface area contributed by atoms with Crippen molar-refractivity contribution in [3.05, 3.63) is 29.3 Å². The van der Waals surface area contributed by atoms with E-state index in [9.17, 15) is 4.79 Å². The lowest BCUT2D eigenvalue weighted by Crippen LogP contribution is -2.44. The van der Waals surface area contributed by atoms with E-state index in [0.717, 1.165) is 56.9 Å². The zero-order valence-electron chi connectivity index (χ0n) is 16.1. The van der Waals surface area contributed by atoms with E-state index < -0.39 is 0 Å². The molecule has 1 amide bonds. The molecule has 5 nitrogen and oxygen atoms in total. The number of piperazine rings is 1. The molecule has 3 aliphatic rings. The Labute approximate surface area is 156 Å². The first-order valence-electron chi connectivity index (χ1n) is 10.1. The van der Waals surface area contributed by atoms with Crippen LogP contribution in [0.5, 0.6) is 5.75 Å². The minimum Gasteiger partial charge on any atom is -0.491 e. The first kappa shape index (κ1) is 17.8. The van der Waals surface area contributed by atoms with Gasteiger partial charge in [-0.25, -0.2) is 0 Å². The van der Waals surface area contributed by atoms with Gasteiger partial charge in [0.05, 0.1) is 6.04 Å². The summed E-state index contributed by atoms with van der Waals surface area (Å²) in [7, 11) is 2.19. The summed E-state index contributed by atoms with van der Waals surface area (Å²) in [6.45, 7) is 8.86. The quantitative estimate of drug-likeness (QED) is 0.832. The van der Waals surface area contributed by atoms with E-state index in [1.54, 1.807) is 0 Å². The molecule has 0 spiro atoms. The van der Waals surface area contributed by atoms with Crippen LogP contribution in [0.2, 0.25) is 0 Å². The van der Waals surface area contributed by atoms with Crippen molar-refractivity contribution in [3.63, 3.8) is 0 Å². The van der Waals surface area contributed by atoms with Crippen LogP contribution in [0.3, 0.4) is 0 Å². The van der Waals surface area contributed by atoms with Gasteiger partial charge in [0.1, 0.15) is 12.4 Å². The van der Waals surface area contributed by atoms with Gasteiger partial charge >= 0.3 is 0 Å². The second-order valence-corrected chi connectivity index (χ2v) is 8.28. The lowest BCUT2D eigenvalue weighted by molar-refractivity contribution is -0.141. The number of ether oxygens (including phenoxy) is 1. The highest BCUT2D eigenvalue weighted by Gasteiger charge is 2.33. The second kappa shape index (κ2) is 7.57. The fourth-order valence-electron chi connectivity index (χ4n) is 4.08. The number of fused-ring (bicyclic) bond motifs is 1. The Morgan fingerprint density at radius 2 is 1.96 bits per heavy atom. The fraction of sp³-hybridized carbons (Fsp3) is 0.667. The monoisotopic (exact) mass is 357 g/mol. The predicted molar refractivity (Wildman–Crippen MR) is 102 cm³/mol. The van der Waals surface area contributed by atoms with Crippen molar-refractivity contribution < 1.29 is 9.53 Å². The number of carbonyl (C=O) groups excluding carboxylic acids is 1. The largest absolute Gasteiger partial charge is 0.491 e. The second-order valence-electron chi connectivity index (χ2n) is 8.28. The van der Waals surface area contributed by atoms with Crippen LogP contribution in [-0.2, 0) is 17.9 Å². The Balaban J connectivity index is 1.48. The lowest BCUT2D eigenvalue weighted by Gasteiger charge is -2.34. The number of hydrogen-bond donors (Lipinski definition) is 0. The van der Waals surface area contributed by atoms with Crippen LogP contribution < -0.4 is 4.74 Å². The molecule has 0 aromatic heterocycles. The number of carbonyl (C=O) groups is 1. The van der Waals surface area contributed by atoms with E-state index in [1.165, 1.54) is 12.0 Å². The van der Waals surface area contributed by atoms with Gasteiger partial charge in [-0.05, 0) is 44.5 Å². The molecule has 1 atom stereocenters. The van der Waals surface area contributed by atoms with Gasteiger partial charge in [-0.3, -0.25) is 9.69 Å². The van der Waals surface area contributed by atoms with Crippen LogP contribution in [0.15, 0.2) is 18.2 Å². The molecule has 1 aliphatic carbocycles. The molecule has 1 aromatic rings. The van der Waals surface area contributed by atoms with Crippen molar-refractivity contribution >= 4 is 5.91 Å².